The van der Waals surface area contributed by atoms with Crippen molar-refractivity contribution in [1.29, 1.82) is 0 Å². The maximum absolute atomic E-state index is 9.09. The minimum absolute atomic E-state index is 0.687. The molecule has 128 valence electrons. The highest BCUT2D eigenvalue weighted by atomic mass is 16.4. The third kappa shape index (κ3) is 2.25. The molecule has 5 rings (SSSR count). The van der Waals surface area contributed by atoms with Crippen molar-refractivity contribution in [2.24, 2.45) is 5.16 Å². The second-order valence-corrected chi connectivity index (χ2v) is 6.13. The van der Waals surface area contributed by atoms with Crippen LogP contribution in [0.25, 0.3) is 17.1 Å². The number of nitrogens with zero attached hydrogens (tertiary/aromatic N) is 4. The van der Waals surface area contributed by atoms with E-state index in [1.807, 2.05) is 34.9 Å². The summed E-state index contributed by atoms with van der Waals surface area (Å²) < 4.78 is 7.49. The molecule has 7 nitrogen and oxygen atoms in total. The Hall–Kier alpha value is -3.61. The van der Waals surface area contributed by atoms with Gasteiger partial charge in [0.2, 0.25) is 0 Å². The van der Waals surface area contributed by atoms with Gasteiger partial charge in [0.05, 0.1) is 18.2 Å². The molecule has 0 amide bonds. The molecule has 0 atom stereocenters. The zero-order valence-corrected chi connectivity index (χ0v) is 13.8. The first-order chi connectivity index (χ1) is 12.8. The molecule has 0 radical (unpaired) electrons. The zero-order chi connectivity index (χ0) is 17.5. The van der Waals surface area contributed by atoms with Crippen LogP contribution in [0.1, 0.15) is 17.5 Å². The van der Waals surface area contributed by atoms with Crippen molar-refractivity contribution < 1.29 is 9.62 Å². The second-order valence-electron chi connectivity index (χ2n) is 6.13. The summed E-state index contributed by atoms with van der Waals surface area (Å²) in [5.74, 6) is 1.50. The number of imidazole rings is 1. The normalized spacial score (nSPS) is 14.8. The fraction of sp³-hybridized carbons (Fsp3) is 0.105. The highest BCUT2D eigenvalue weighted by Gasteiger charge is 2.20. The summed E-state index contributed by atoms with van der Waals surface area (Å²) in [5.41, 5.74) is 5.31. The topological polar surface area (TPSA) is 88.0 Å². The molecule has 2 N–H and O–H groups in total. The molecule has 26 heavy (non-hydrogen) atoms. The Balaban J connectivity index is 1.61. The number of anilines is 2. The van der Waals surface area contributed by atoms with E-state index < -0.39 is 0 Å². The summed E-state index contributed by atoms with van der Waals surface area (Å²) in [6.07, 6.45) is 8.55. The van der Waals surface area contributed by atoms with Crippen molar-refractivity contribution in [3.8, 4) is 11.5 Å². The van der Waals surface area contributed by atoms with Crippen molar-refractivity contribution in [3.05, 3.63) is 66.3 Å². The van der Waals surface area contributed by atoms with Gasteiger partial charge < -0.3 is 14.9 Å². The molecule has 0 aliphatic heterocycles. The fourth-order valence-electron chi connectivity index (χ4n) is 3.40. The van der Waals surface area contributed by atoms with Crippen LogP contribution in [0.15, 0.2) is 64.8 Å². The predicted molar refractivity (Wildman–Crippen MR) is 97.1 cm³/mol. The van der Waals surface area contributed by atoms with Gasteiger partial charge in [0.25, 0.3) is 0 Å². The largest absolute Gasteiger partial charge is 0.463 e. The number of oxime groups is 1. The molecule has 0 saturated heterocycles. The lowest BCUT2D eigenvalue weighted by Gasteiger charge is -2.09. The van der Waals surface area contributed by atoms with Crippen molar-refractivity contribution in [3.63, 3.8) is 0 Å². The smallest absolute Gasteiger partial charge is 0.157 e. The third-order valence-electron chi connectivity index (χ3n) is 4.62. The van der Waals surface area contributed by atoms with E-state index in [-0.39, 0.29) is 0 Å². The third-order valence-corrected chi connectivity index (χ3v) is 4.62. The quantitative estimate of drug-likeness (QED) is 0.435. The Bertz CT molecular complexity index is 1130. The Morgan fingerprint density at radius 2 is 2.19 bits per heavy atom. The van der Waals surface area contributed by atoms with Gasteiger partial charge in [0.15, 0.2) is 11.4 Å². The Kier molecular flexibility index (Phi) is 3.24. The van der Waals surface area contributed by atoms with E-state index in [9.17, 15) is 0 Å². The van der Waals surface area contributed by atoms with Crippen LogP contribution in [0.2, 0.25) is 0 Å². The number of aromatic nitrogens is 3. The monoisotopic (exact) mass is 345 g/mol. The number of nitrogens with one attached hydrogen (secondary N) is 1. The molecule has 3 aromatic heterocycles. The summed E-state index contributed by atoms with van der Waals surface area (Å²) in [6, 6.07) is 9.76. The molecular weight excluding hydrogens is 330 g/mol. The number of aryl methyl sites for hydroxylation is 1. The van der Waals surface area contributed by atoms with Crippen LogP contribution in [0, 0.1) is 0 Å². The van der Waals surface area contributed by atoms with Crippen LogP contribution in [-0.2, 0) is 6.42 Å². The van der Waals surface area contributed by atoms with Crippen molar-refractivity contribution in [2.75, 3.05) is 5.32 Å². The van der Waals surface area contributed by atoms with E-state index in [2.05, 4.69) is 26.5 Å². The van der Waals surface area contributed by atoms with Crippen LogP contribution in [-0.4, -0.2) is 25.3 Å². The van der Waals surface area contributed by atoms with Crippen molar-refractivity contribution in [1.82, 2.24) is 14.4 Å². The highest BCUT2D eigenvalue weighted by Crippen LogP contribution is 2.33. The van der Waals surface area contributed by atoms with E-state index >= 15 is 0 Å². The van der Waals surface area contributed by atoms with Gasteiger partial charge in [0, 0.05) is 23.6 Å². The molecule has 1 aliphatic carbocycles. The highest BCUT2D eigenvalue weighted by molar-refractivity contribution is 6.04. The summed E-state index contributed by atoms with van der Waals surface area (Å²) in [6.45, 7) is 0. The van der Waals surface area contributed by atoms with E-state index in [1.165, 1.54) is 0 Å². The van der Waals surface area contributed by atoms with Gasteiger partial charge in [-0.2, -0.15) is 0 Å². The van der Waals surface area contributed by atoms with E-state index in [1.54, 1.807) is 18.7 Å². The van der Waals surface area contributed by atoms with E-state index in [4.69, 9.17) is 9.62 Å². The summed E-state index contributed by atoms with van der Waals surface area (Å²) in [7, 11) is 0. The molecular formula is C19H15N5O2. The van der Waals surface area contributed by atoms with Crippen molar-refractivity contribution >= 4 is 22.9 Å². The van der Waals surface area contributed by atoms with Crippen LogP contribution in [0.4, 0.5) is 11.5 Å². The molecule has 4 aromatic rings. The number of hydrogen-bond acceptors (Lipinski definition) is 6. The van der Waals surface area contributed by atoms with Gasteiger partial charge in [-0.05, 0) is 42.7 Å². The molecule has 0 saturated carbocycles. The summed E-state index contributed by atoms with van der Waals surface area (Å²) in [5, 5.41) is 15.9. The number of benzene rings is 1. The molecule has 7 heteroatoms. The average Bonchev–Trinajstić information content (AvgIpc) is 3.40. The number of furan rings is 1. The lowest BCUT2D eigenvalue weighted by molar-refractivity contribution is 0.318. The zero-order valence-electron chi connectivity index (χ0n) is 13.8. The van der Waals surface area contributed by atoms with Crippen LogP contribution in [0.5, 0.6) is 0 Å². The van der Waals surface area contributed by atoms with Gasteiger partial charge in [-0.15, -0.1) is 0 Å². The summed E-state index contributed by atoms with van der Waals surface area (Å²) >= 11 is 0. The maximum Gasteiger partial charge on any atom is 0.157 e. The van der Waals surface area contributed by atoms with Gasteiger partial charge in [-0.3, -0.25) is 9.38 Å². The molecule has 1 aliphatic rings. The minimum Gasteiger partial charge on any atom is -0.463 e. The first-order valence-corrected chi connectivity index (χ1v) is 8.30. The number of fused-ring (bicyclic) bond motifs is 2. The first kappa shape index (κ1) is 14.7. The van der Waals surface area contributed by atoms with Crippen LogP contribution < -0.4 is 5.32 Å². The van der Waals surface area contributed by atoms with Crippen LogP contribution >= 0.6 is 0 Å². The van der Waals surface area contributed by atoms with Gasteiger partial charge in [0.1, 0.15) is 11.5 Å². The lowest BCUT2D eigenvalue weighted by Crippen LogP contribution is -1.99. The van der Waals surface area contributed by atoms with Crippen LogP contribution in [0.3, 0.4) is 0 Å². The SMILES string of the molecule is O/N=C1/CCc2cc(Nc3c(-c4ccco4)nc4cnccn34)ccc21. The van der Waals surface area contributed by atoms with Gasteiger partial charge >= 0.3 is 0 Å². The molecule has 0 bridgehead atoms. The van der Waals surface area contributed by atoms with E-state index in [0.717, 1.165) is 52.5 Å². The molecule has 1 aromatic carbocycles. The fourth-order valence-corrected chi connectivity index (χ4v) is 3.40. The average molecular weight is 345 g/mol. The van der Waals surface area contributed by atoms with Gasteiger partial charge in [-0.1, -0.05) is 11.2 Å². The minimum atomic E-state index is 0.687. The standard InChI is InChI=1S/C19H15N5O2/c25-23-15-6-3-12-10-13(4-5-14(12)15)21-19-18(16-2-1-9-26-16)22-17-11-20-7-8-24(17)19/h1-2,4-5,7-11,21,25H,3,6H2/b23-15-. The van der Waals surface area contributed by atoms with Gasteiger partial charge in [-0.25, -0.2) is 4.98 Å². The number of rotatable bonds is 3. The molecule has 0 fully saturated rings. The molecule has 0 unspecified atom stereocenters. The Morgan fingerprint density at radius 3 is 3.04 bits per heavy atom. The first-order valence-electron chi connectivity index (χ1n) is 8.30. The number of hydrogen-bond donors (Lipinski definition) is 2. The van der Waals surface area contributed by atoms with Crippen molar-refractivity contribution in [2.45, 2.75) is 12.8 Å². The van der Waals surface area contributed by atoms with E-state index in [0.29, 0.717) is 5.76 Å². The Labute approximate surface area is 148 Å². The maximum atomic E-state index is 9.09. The molecule has 3 heterocycles. The Morgan fingerprint density at radius 1 is 1.23 bits per heavy atom. The second kappa shape index (κ2) is 5.73. The lowest BCUT2D eigenvalue weighted by atomic mass is 10.1. The predicted octanol–water partition coefficient (Wildman–Crippen LogP) is 3.86. The molecule has 0 spiro atoms. The summed E-state index contributed by atoms with van der Waals surface area (Å²) in [4.78, 5) is 8.78.